The van der Waals surface area contributed by atoms with Crippen molar-refractivity contribution in [3.8, 4) is 0 Å². The Morgan fingerprint density at radius 2 is 2.30 bits per heavy atom. The molecule has 1 aromatic rings. The highest BCUT2D eigenvalue weighted by atomic mass is 32.2. The van der Waals surface area contributed by atoms with Crippen LogP contribution in [0.3, 0.4) is 0 Å². The predicted octanol–water partition coefficient (Wildman–Crippen LogP) is 0.228. The fraction of sp³-hybridized carbons (Fsp3) is 0.538. The Kier molecular flexibility index (Phi) is 4.33. The highest BCUT2D eigenvalue weighted by Crippen LogP contribution is 2.25. The molecule has 7 heteroatoms. The summed E-state index contributed by atoms with van der Waals surface area (Å²) in [5, 5.41) is 10.3. The van der Waals surface area contributed by atoms with E-state index in [0.717, 1.165) is 0 Å². The molecule has 4 N–H and O–H groups in total. The Morgan fingerprint density at radius 3 is 2.90 bits per heavy atom. The number of rotatable bonds is 5. The smallest absolute Gasteiger partial charge is 0.215 e. The number of nitrogens with one attached hydrogen (secondary N) is 1. The lowest BCUT2D eigenvalue weighted by Crippen LogP contribution is -2.47. The van der Waals surface area contributed by atoms with E-state index in [-0.39, 0.29) is 18.4 Å². The minimum Gasteiger partial charge on any atom is -0.399 e. The summed E-state index contributed by atoms with van der Waals surface area (Å²) in [7, 11) is -3.52. The van der Waals surface area contributed by atoms with Crippen LogP contribution in [0.2, 0.25) is 0 Å². The number of benzene rings is 1. The molecule has 0 aromatic heterocycles. The number of hydrogen-bond donors (Lipinski definition) is 3. The van der Waals surface area contributed by atoms with Crippen molar-refractivity contribution in [2.24, 2.45) is 0 Å². The fourth-order valence-electron chi connectivity index (χ4n) is 2.19. The lowest BCUT2D eigenvalue weighted by atomic mass is 9.97. The molecule has 2 rings (SSSR count). The molecule has 0 bridgehead atoms. The molecule has 1 aromatic carbocycles. The van der Waals surface area contributed by atoms with E-state index in [1.165, 1.54) is 0 Å². The number of aliphatic hydroxyl groups is 1. The van der Waals surface area contributed by atoms with Crippen LogP contribution in [0.1, 0.15) is 18.9 Å². The molecule has 6 nitrogen and oxygen atoms in total. The molecule has 0 spiro atoms. The highest BCUT2D eigenvalue weighted by Gasteiger charge is 2.40. The Hall–Kier alpha value is -1.15. The average Bonchev–Trinajstić information content (AvgIpc) is 2.68. The van der Waals surface area contributed by atoms with Crippen LogP contribution >= 0.6 is 0 Å². The van der Waals surface area contributed by atoms with Gasteiger partial charge >= 0.3 is 0 Å². The Morgan fingerprint density at radius 1 is 1.55 bits per heavy atom. The number of nitrogen functional groups attached to an aromatic ring is 1. The molecule has 2 unspecified atom stereocenters. The zero-order valence-electron chi connectivity index (χ0n) is 11.4. The van der Waals surface area contributed by atoms with E-state index in [1.54, 1.807) is 31.2 Å². The second-order valence-electron chi connectivity index (χ2n) is 5.19. The van der Waals surface area contributed by atoms with Crippen LogP contribution in [0.25, 0.3) is 0 Å². The number of anilines is 1. The zero-order chi connectivity index (χ0) is 14.8. The van der Waals surface area contributed by atoms with Gasteiger partial charge < -0.3 is 15.6 Å². The zero-order valence-corrected chi connectivity index (χ0v) is 12.2. The third-order valence-electron chi connectivity index (χ3n) is 3.57. The summed E-state index contributed by atoms with van der Waals surface area (Å²) in [6.07, 6.45) is 0.0483. The first-order valence-corrected chi connectivity index (χ1v) is 8.12. The molecule has 0 aliphatic carbocycles. The molecule has 0 radical (unpaired) electrons. The second kappa shape index (κ2) is 5.69. The standard InChI is InChI=1S/C13H20N2O4S/c1-10-13(16,5-6-19-10)9-15-20(17,18)8-11-3-2-4-12(14)7-11/h2-4,7,10,15-16H,5-6,8-9,14H2,1H3. The minimum absolute atomic E-state index is 0.0428. The summed E-state index contributed by atoms with van der Waals surface area (Å²) in [5.74, 6) is -0.163. The molecule has 0 amide bonds. The summed E-state index contributed by atoms with van der Waals surface area (Å²) in [4.78, 5) is 0. The van der Waals surface area contributed by atoms with Gasteiger partial charge in [-0.25, -0.2) is 13.1 Å². The largest absolute Gasteiger partial charge is 0.399 e. The van der Waals surface area contributed by atoms with Crippen molar-refractivity contribution >= 4 is 15.7 Å². The summed E-state index contributed by atoms with van der Waals surface area (Å²) in [6, 6.07) is 6.73. The highest BCUT2D eigenvalue weighted by molar-refractivity contribution is 7.88. The minimum atomic E-state index is -3.52. The van der Waals surface area contributed by atoms with Crippen molar-refractivity contribution < 1.29 is 18.3 Å². The van der Waals surface area contributed by atoms with Gasteiger partial charge in [0.25, 0.3) is 0 Å². The molecule has 1 aliphatic heterocycles. The van der Waals surface area contributed by atoms with Crippen LogP contribution in [0, 0.1) is 0 Å². The van der Waals surface area contributed by atoms with E-state index in [2.05, 4.69) is 4.72 Å². The fourth-order valence-corrected chi connectivity index (χ4v) is 3.38. The molecule has 2 atom stereocenters. The number of nitrogens with two attached hydrogens (primary N) is 1. The van der Waals surface area contributed by atoms with E-state index in [4.69, 9.17) is 10.5 Å². The summed E-state index contributed by atoms with van der Waals surface area (Å²) >= 11 is 0. The van der Waals surface area contributed by atoms with Crippen molar-refractivity contribution in [1.82, 2.24) is 4.72 Å². The van der Waals surface area contributed by atoms with Crippen LogP contribution in [0.4, 0.5) is 5.69 Å². The molecular formula is C13H20N2O4S. The molecule has 0 saturated carbocycles. The van der Waals surface area contributed by atoms with Crippen LogP contribution in [0.5, 0.6) is 0 Å². The quantitative estimate of drug-likeness (QED) is 0.676. The van der Waals surface area contributed by atoms with Gasteiger partial charge in [0.05, 0.1) is 11.9 Å². The maximum Gasteiger partial charge on any atom is 0.215 e. The van der Waals surface area contributed by atoms with E-state index in [0.29, 0.717) is 24.3 Å². The van der Waals surface area contributed by atoms with Gasteiger partial charge in [0.1, 0.15) is 5.60 Å². The lowest BCUT2D eigenvalue weighted by molar-refractivity contribution is -0.0228. The van der Waals surface area contributed by atoms with Gasteiger partial charge in [0.2, 0.25) is 10.0 Å². The van der Waals surface area contributed by atoms with Crippen molar-refractivity contribution in [2.45, 2.75) is 30.8 Å². The van der Waals surface area contributed by atoms with Crippen LogP contribution in [0.15, 0.2) is 24.3 Å². The van der Waals surface area contributed by atoms with Gasteiger partial charge in [-0.05, 0) is 24.6 Å². The Labute approximate surface area is 119 Å². The van der Waals surface area contributed by atoms with Crippen molar-refractivity contribution in [3.63, 3.8) is 0 Å². The lowest BCUT2D eigenvalue weighted by Gasteiger charge is -2.26. The summed E-state index contributed by atoms with van der Waals surface area (Å²) < 4.78 is 31.7. The van der Waals surface area contributed by atoms with E-state index in [1.807, 2.05) is 0 Å². The van der Waals surface area contributed by atoms with Gasteiger partial charge in [0.15, 0.2) is 0 Å². The summed E-state index contributed by atoms with van der Waals surface area (Å²) in [5.41, 5.74) is 5.62. The van der Waals surface area contributed by atoms with Gasteiger partial charge in [-0.1, -0.05) is 12.1 Å². The van der Waals surface area contributed by atoms with E-state index >= 15 is 0 Å². The monoisotopic (exact) mass is 300 g/mol. The SMILES string of the molecule is CC1OCCC1(O)CNS(=O)(=O)Cc1cccc(N)c1. The molecule has 1 heterocycles. The van der Waals surface area contributed by atoms with E-state index < -0.39 is 15.6 Å². The van der Waals surface area contributed by atoms with Crippen molar-refractivity contribution in [3.05, 3.63) is 29.8 Å². The number of hydrogen-bond acceptors (Lipinski definition) is 5. The first-order chi connectivity index (χ1) is 9.31. The topological polar surface area (TPSA) is 102 Å². The Balaban J connectivity index is 1.98. The third kappa shape index (κ3) is 3.69. The molecule has 1 saturated heterocycles. The molecule has 1 aliphatic rings. The van der Waals surface area contributed by atoms with Crippen LogP contribution in [-0.2, 0) is 20.5 Å². The third-order valence-corrected chi connectivity index (χ3v) is 4.86. The van der Waals surface area contributed by atoms with Crippen molar-refractivity contribution in [1.29, 1.82) is 0 Å². The van der Waals surface area contributed by atoms with Crippen LogP contribution in [-0.4, -0.2) is 38.4 Å². The van der Waals surface area contributed by atoms with E-state index in [9.17, 15) is 13.5 Å². The van der Waals surface area contributed by atoms with Crippen LogP contribution < -0.4 is 10.5 Å². The Bertz CT molecular complexity index is 575. The second-order valence-corrected chi connectivity index (χ2v) is 7.00. The maximum atomic E-state index is 12.0. The number of ether oxygens (including phenoxy) is 1. The first kappa shape index (κ1) is 15.2. The average molecular weight is 300 g/mol. The first-order valence-electron chi connectivity index (χ1n) is 6.46. The molecule has 112 valence electrons. The van der Waals surface area contributed by atoms with Gasteiger partial charge in [-0.3, -0.25) is 0 Å². The van der Waals surface area contributed by atoms with Gasteiger partial charge in [0, 0.05) is 25.3 Å². The predicted molar refractivity (Wildman–Crippen MR) is 76.5 cm³/mol. The maximum absolute atomic E-state index is 12.0. The molecule has 1 fully saturated rings. The normalized spacial score (nSPS) is 26.8. The van der Waals surface area contributed by atoms with Gasteiger partial charge in [-0.15, -0.1) is 0 Å². The summed E-state index contributed by atoms with van der Waals surface area (Å²) in [6.45, 7) is 2.13. The van der Waals surface area contributed by atoms with Gasteiger partial charge in [-0.2, -0.15) is 0 Å². The van der Waals surface area contributed by atoms with Crippen molar-refractivity contribution in [2.75, 3.05) is 18.9 Å². The molecule has 20 heavy (non-hydrogen) atoms. The molecular weight excluding hydrogens is 280 g/mol. The number of sulfonamides is 1.